The van der Waals surface area contributed by atoms with Crippen molar-refractivity contribution < 1.29 is 13.3 Å². The van der Waals surface area contributed by atoms with E-state index in [9.17, 15) is 18.5 Å². The minimum atomic E-state index is -3.85. The molecule has 21 heavy (non-hydrogen) atoms. The largest absolute Gasteiger partial charge is 0.280 e. The lowest BCUT2D eigenvalue weighted by Gasteiger charge is -2.08. The lowest BCUT2D eigenvalue weighted by atomic mass is 10.2. The SMILES string of the molecule is N#Cc1cccc(S(=O)(=O)Nc2ccc([N+](=O)[O-])cc2)c1. The van der Waals surface area contributed by atoms with Crippen LogP contribution in [0.3, 0.4) is 0 Å². The van der Waals surface area contributed by atoms with Crippen molar-refractivity contribution in [1.29, 1.82) is 5.26 Å². The molecule has 0 aromatic heterocycles. The topological polar surface area (TPSA) is 113 Å². The first-order valence-corrected chi connectivity index (χ1v) is 7.18. The van der Waals surface area contributed by atoms with Crippen molar-refractivity contribution in [2.45, 2.75) is 4.90 Å². The molecule has 8 heteroatoms. The fraction of sp³-hybridized carbons (Fsp3) is 0. The molecule has 0 aliphatic rings. The molecule has 0 saturated carbocycles. The van der Waals surface area contributed by atoms with Crippen LogP contribution in [-0.2, 0) is 10.0 Å². The Morgan fingerprint density at radius 2 is 1.81 bits per heavy atom. The number of anilines is 1. The average molecular weight is 303 g/mol. The summed E-state index contributed by atoms with van der Waals surface area (Å²) in [5, 5.41) is 19.3. The zero-order valence-electron chi connectivity index (χ0n) is 10.6. The Labute approximate surface area is 120 Å². The van der Waals surface area contributed by atoms with E-state index < -0.39 is 14.9 Å². The highest BCUT2D eigenvalue weighted by Crippen LogP contribution is 2.19. The number of nitrogens with zero attached hydrogens (tertiary/aromatic N) is 2. The number of non-ortho nitro benzene ring substituents is 1. The monoisotopic (exact) mass is 303 g/mol. The molecule has 0 atom stereocenters. The van der Waals surface area contributed by atoms with Gasteiger partial charge in [0.15, 0.2) is 0 Å². The zero-order valence-corrected chi connectivity index (χ0v) is 11.4. The second kappa shape index (κ2) is 5.60. The Bertz CT molecular complexity index is 823. The summed E-state index contributed by atoms with van der Waals surface area (Å²) in [6.45, 7) is 0. The molecule has 2 aromatic rings. The molecular formula is C13H9N3O4S. The van der Waals surface area contributed by atoms with Gasteiger partial charge in [-0.05, 0) is 30.3 Å². The maximum Gasteiger partial charge on any atom is 0.269 e. The highest BCUT2D eigenvalue weighted by molar-refractivity contribution is 7.92. The molecular weight excluding hydrogens is 294 g/mol. The highest BCUT2D eigenvalue weighted by atomic mass is 32.2. The predicted molar refractivity (Wildman–Crippen MR) is 75.1 cm³/mol. The van der Waals surface area contributed by atoms with Crippen molar-refractivity contribution in [2.75, 3.05) is 4.72 Å². The van der Waals surface area contributed by atoms with E-state index in [2.05, 4.69) is 4.72 Å². The number of nitrogens with one attached hydrogen (secondary N) is 1. The van der Waals surface area contributed by atoms with Crippen molar-refractivity contribution in [2.24, 2.45) is 0 Å². The summed E-state index contributed by atoms with van der Waals surface area (Å²) in [7, 11) is -3.85. The van der Waals surface area contributed by atoms with Crippen LogP contribution in [-0.4, -0.2) is 13.3 Å². The van der Waals surface area contributed by atoms with Crippen LogP contribution in [0.25, 0.3) is 0 Å². The van der Waals surface area contributed by atoms with Crippen LogP contribution in [0.5, 0.6) is 0 Å². The molecule has 2 aromatic carbocycles. The van der Waals surface area contributed by atoms with Gasteiger partial charge in [0.1, 0.15) is 0 Å². The Morgan fingerprint density at radius 3 is 2.38 bits per heavy atom. The molecule has 106 valence electrons. The number of nitriles is 1. The smallest absolute Gasteiger partial charge is 0.269 e. The predicted octanol–water partition coefficient (Wildman–Crippen LogP) is 2.27. The summed E-state index contributed by atoms with van der Waals surface area (Å²) in [6.07, 6.45) is 0. The van der Waals surface area contributed by atoms with Crippen LogP contribution in [0.2, 0.25) is 0 Å². The lowest BCUT2D eigenvalue weighted by molar-refractivity contribution is -0.384. The van der Waals surface area contributed by atoms with Crippen molar-refractivity contribution >= 4 is 21.4 Å². The second-order valence-corrected chi connectivity index (χ2v) is 5.73. The van der Waals surface area contributed by atoms with Gasteiger partial charge < -0.3 is 0 Å². The van der Waals surface area contributed by atoms with Gasteiger partial charge in [0.25, 0.3) is 15.7 Å². The van der Waals surface area contributed by atoms with E-state index >= 15 is 0 Å². The molecule has 0 aliphatic heterocycles. The van der Waals surface area contributed by atoms with Crippen molar-refractivity contribution in [3.8, 4) is 6.07 Å². The molecule has 0 aliphatic carbocycles. The van der Waals surface area contributed by atoms with Gasteiger partial charge in [0.05, 0.1) is 21.5 Å². The Hall–Kier alpha value is -2.92. The highest BCUT2D eigenvalue weighted by Gasteiger charge is 2.15. The van der Waals surface area contributed by atoms with Crippen molar-refractivity contribution in [3.63, 3.8) is 0 Å². The van der Waals surface area contributed by atoms with Gasteiger partial charge in [-0.2, -0.15) is 5.26 Å². The molecule has 0 bridgehead atoms. The maximum absolute atomic E-state index is 12.1. The third kappa shape index (κ3) is 3.34. The van der Waals surface area contributed by atoms with Crippen LogP contribution in [0.15, 0.2) is 53.4 Å². The summed E-state index contributed by atoms with van der Waals surface area (Å²) in [5.74, 6) is 0. The summed E-state index contributed by atoms with van der Waals surface area (Å²) in [4.78, 5) is 9.90. The van der Waals surface area contributed by atoms with E-state index in [4.69, 9.17) is 5.26 Å². The zero-order chi connectivity index (χ0) is 15.5. The normalized spacial score (nSPS) is 10.6. The van der Waals surface area contributed by atoms with E-state index in [0.29, 0.717) is 0 Å². The molecule has 2 rings (SSSR count). The molecule has 0 saturated heterocycles. The summed E-state index contributed by atoms with van der Waals surface area (Å²) >= 11 is 0. The number of benzene rings is 2. The first kappa shape index (κ1) is 14.5. The Balaban J connectivity index is 2.28. The number of rotatable bonds is 4. The van der Waals surface area contributed by atoms with Gasteiger partial charge in [0, 0.05) is 17.8 Å². The van der Waals surface area contributed by atoms with Crippen LogP contribution < -0.4 is 4.72 Å². The molecule has 0 spiro atoms. The van der Waals surface area contributed by atoms with Crippen molar-refractivity contribution in [3.05, 3.63) is 64.2 Å². The fourth-order valence-corrected chi connectivity index (χ4v) is 2.70. The quantitative estimate of drug-likeness (QED) is 0.687. The first-order valence-electron chi connectivity index (χ1n) is 5.70. The standard InChI is InChI=1S/C13H9N3O4S/c14-9-10-2-1-3-13(8-10)21(19,20)15-11-4-6-12(7-5-11)16(17)18/h1-8,15H. The van der Waals surface area contributed by atoms with Gasteiger partial charge in [0.2, 0.25) is 0 Å². The van der Waals surface area contributed by atoms with Gasteiger partial charge in [-0.1, -0.05) is 6.07 Å². The number of sulfonamides is 1. The molecule has 0 fully saturated rings. The number of hydrogen-bond acceptors (Lipinski definition) is 5. The summed E-state index contributed by atoms with van der Waals surface area (Å²) < 4.78 is 26.6. The van der Waals surface area contributed by atoms with Gasteiger partial charge >= 0.3 is 0 Å². The summed E-state index contributed by atoms with van der Waals surface area (Å²) in [5.41, 5.74) is 0.286. The maximum atomic E-state index is 12.1. The minimum absolute atomic E-state index is 0.0556. The van der Waals surface area contributed by atoms with E-state index in [0.717, 1.165) is 0 Å². The molecule has 1 N–H and O–H groups in total. The van der Waals surface area contributed by atoms with Crippen LogP contribution in [0.4, 0.5) is 11.4 Å². The van der Waals surface area contributed by atoms with Gasteiger partial charge in [-0.15, -0.1) is 0 Å². The average Bonchev–Trinajstić information content (AvgIpc) is 2.47. The molecule has 0 radical (unpaired) electrons. The molecule has 0 unspecified atom stereocenters. The molecule has 7 nitrogen and oxygen atoms in total. The molecule has 0 heterocycles. The van der Waals surface area contributed by atoms with Crippen LogP contribution >= 0.6 is 0 Å². The first-order chi connectivity index (χ1) is 9.92. The molecule has 0 amide bonds. The minimum Gasteiger partial charge on any atom is -0.280 e. The number of nitro benzene ring substituents is 1. The van der Waals surface area contributed by atoms with Gasteiger partial charge in [-0.3, -0.25) is 14.8 Å². The third-order valence-corrected chi connectivity index (χ3v) is 3.98. The lowest BCUT2D eigenvalue weighted by Crippen LogP contribution is -2.13. The number of nitro groups is 1. The third-order valence-electron chi connectivity index (χ3n) is 2.60. The number of hydrogen-bond donors (Lipinski definition) is 1. The summed E-state index contributed by atoms with van der Waals surface area (Å²) in [6, 6.07) is 12.4. The van der Waals surface area contributed by atoms with Crippen LogP contribution in [0.1, 0.15) is 5.56 Å². The van der Waals surface area contributed by atoms with Crippen LogP contribution in [0, 0.1) is 21.4 Å². The van der Waals surface area contributed by atoms with E-state index in [-0.39, 0.29) is 21.8 Å². The van der Waals surface area contributed by atoms with E-state index in [1.165, 1.54) is 48.5 Å². The van der Waals surface area contributed by atoms with Crippen molar-refractivity contribution in [1.82, 2.24) is 0 Å². The van der Waals surface area contributed by atoms with Gasteiger partial charge in [-0.25, -0.2) is 8.42 Å². The van der Waals surface area contributed by atoms with E-state index in [1.807, 2.05) is 6.07 Å². The fourth-order valence-electron chi connectivity index (χ4n) is 1.60. The van der Waals surface area contributed by atoms with E-state index in [1.54, 1.807) is 0 Å². The Kier molecular flexibility index (Phi) is 3.86. The second-order valence-electron chi connectivity index (χ2n) is 4.05. The Morgan fingerprint density at radius 1 is 1.14 bits per heavy atom.